The Morgan fingerprint density at radius 2 is 2.41 bits per heavy atom. The van der Waals surface area contributed by atoms with Crippen molar-refractivity contribution in [3.05, 3.63) is 29.7 Å². The summed E-state index contributed by atoms with van der Waals surface area (Å²) in [6, 6.07) is 3.94. The van der Waals surface area contributed by atoms with E-state index in [-0.39, 0.29) is 0 Å². The van der Waals surface area contributed by atoms with E-state index in [1.807, 2.05) is 25.3 Å². The van der Waals surface area contributed by atoms with Gasteiger partial charge in [0.25, 0.3) is 0 Å². The third-order valence-corrected chi connectivity index (χ3v) is 2.29. The topological polar surface area (TPSA) is 96.7 Å². The van der Waals surface area contributed by atoms with Gasteiger partial charge >= 0.3 is 0 Å². The molecule has 0 bridgehead atoms. The molecular weight excluding hydrogens is 220 g/mol. The fraction of sp³-hybridized carbons (Fsp3) is 0.222. The molecule has 3 heterocycles. The summed E-state index contributed by atoms with van der Waals surface area (Å²) in [6.45, 7) is 2.45. The van der Waals surface area contributed by atoms with Crippen LogP contribution in [0.3, 0.4) is 0 Å². The normalized spacial score (nSPS) is 10.9. The van der Waals surface area contributed by atoms with Crippen LogP contribution < -0.4 is 5.32 Å². The van der Waals surface area contributed by atoms with Crippen LogP contribution in [0.1, 0.15) is 11.4 Å². The monoisotopic (exact) mass is 230 g/mol. The first-order valence-electron chi connectivity index (χ1n) is 5.10. The second kappa shape index (κ2) is 3.81. The molecule has 0 aliphatic carbocycles. The first kappa shape index (κ1) is 9.70. The molecule has 86 valence electrons. The minimum absolute atomic E-state index is 0.437. The van der Waals surface area contributed by atoms with Crippen molar-refractivity contribution in [1.82, 2.24) is 35.2 Å². The van der Waals surface area contributed by atoms with E-state index in [9.17, 15) is 0 Å². The van der Waals surface area contributed by atoms with Crippen molar-refractivity contribution in [2.75, 3.05) is 5.32 Å². The Morgan fingerprint density at radius 1 is 1.47 bits per heavy atom. The van der Waals surface area contributed by atoms with Crippen molar-refractivity contribution in [3.8, 4) is 0 Å². The third-order valence-electron chi connectivity index (χ3n) is 2.29. The Labute approximate surface area is 96.1 Å². The van der Waals surface area contributed by atoms with E-state index in [0.717, 1.165) is 11.2 Å². The highest BCUT2D eigenvalue weighted by Crippen LogP contribution is 2.07. The van der Waals surface area contributed by atoms with Crippen molar-refractivity contribution in [3.63, 3.8) is 0 Å². The molecule has 17 heavy (non-hydrogen) atoms. The lowest BCUT2D eigenvalue weighted by molar-refractivity contribution is 0.881. The molecule has 0 radical (unpaired) electrons. The van der Waals surface area contributed by atoms with Crippen molar-refractivity contribution in [2.24, 2.45) is 0 Å². The van der Waals surface area contributed by atoms with Gasteiger partial charge in [-0.2, -0.15) is 10.2 Å². The molecule has 0 atom stereocenters. The molecule has 0 saturated carbocycles. The second-order valence-corrected chi connectivity index (χ2v) is 3.62. The van der Waals surface area contributed by atoms with E-state index >= 15 is 0 Å². The Kier molecular flexibility index (Phi) is 2.18. The van der Waals surface area contributed by atoms with Crippen LogP contribution in [0, 0.1) is 6.92 Å². The van der Waals surface area contributed by atoms with Crippen LogP contribution in [0.4, 0.5) is 5.95 Å². The number of tetrazole rings is 1. The third kappa shape index (κ3) is 1.92. The minimum Gasteiger partial charge on any atom is -0.345 e. The Morgan fingerprint density at radius 3 is 3.24 bits per heavy atom. The van der Waals surface area contributed by atoms with E-state index in [1.165, 1.54) is 0 Å². The van der Waals surface area contributed by atoms with Gasteiger partial charge in [0.15, 0.2) is 11.5 Å². The van der Waals surface area contributed by atoms with Crippen LogP contribution >= 0.6 is 0 Å². The molecule has 3 aromatic heterocycles. The number of aryl methyl sites for hydroxylation is 1. The number of fused-ring (bicyclic) bond motifs is 1. The molecule has 0 spiro atoms. The number of hydrogen-bond acceptors (Lipinski definition) is 6. The number of H-pyrrole nitrogens is 1. The maximum Gasteiger partial charge on any atom is 0.243 e. The van der Waals surface area contributed by atoms with E-state index < -0.39 is 0 Å². The number of rotatable bonds is 3. The van der Waals surface area contributed by atoms with Gasteiger partial charge in [-0.3, -0.25) is 0 Å². The smallest absolute Gasteiger partial charge is 0.243 e. The zero-order valence-corrected chi connectivity index (χ0v) is 9.12. The highest BCUT2D eigenvalue weighted by Gasteiger charge is 2.04. The lowest BCUT2D eigenvalue weighted by atomic mass is 10.3. The van der Waals surface area contributed by atoms with Gasteiger partial charge in [-0.15, -0.1) is 15.3 Å². The number of nitrogens with zero attached hydrogens (tertiary/aromatic N) is 6. The molecule has 0 aliphatic heterocycles. The summed E-state index contributed by atoms with van der Waals surface area (Å²) in [4.78, 5) is 4.33. The Hall–Kier alpha value is -2.51. The fourth-order valence-corrected chi connectivity index (χ4v) is 1.47. The largest absolute Gasteiger partial charge is 0.345 e. The van der Waals surface area contributed by atoms with Gasteiger partial charge < -0.3 is 5.32 Å². The fourth-order valence-electron chi connectivity index (χ4n) is 1.47. The molecule has 0 saturated heterocycles. The molecule has 8 nitrogen and oxygen atoms in total. The second-order valence-electron chi connectivity index (χ2n) is 3.62. The summed E-state index contributed by atoms with van der Waals surface area (Å²) in [6.07, 6.45) is 1.87. The average molecular weight is 230 g/mol. The summed E-state index contributed by atoms with van der Waals surface area (Å²) in [7, 11) is 0. The predicted octanol–water partition coefficient (Wildman–Crippen LogP) is 0.163. The molecule has 0 aliphatic rings. The quantitative estimate of drug-likeness (QED) is 0.665. The number of aromatic amines is 1. The van der Waals surface area contributed by atoms with Crippen LogP contribution in [0.2, 0.25) is 0 Å². The van der Waals surface area contributed by atoms with Gasteiger partial charge in [0.2, 0.25) is 5.95 Å². The highest BCUT2D eigenvalue weighted by atomic mass is 15.5. The van der Waals surface area contributed by atoms with E-state index in [4.69, 9.17) is 0 Å². The lowest BCUT2D eigenvalue weighted by Crippen LogP contribution is -2.03. The average Bonchev–Trinajstić information content (AvgIpc) is 2.94. The molecule has 3 aromatic rings. The van der Waals surface area contributed by atoms with Crippen LogP contribution in [0.5, 0.6) is 0 Å². The lowest BCUT2D eigenvalue weighted by Gasteiger charge is -1.94. The molecule has 0 aromatic carbocycles. The molecule has 2 N–H and O–H groups in total. The SMILES string of the molecule is Cc1ccn2nc(NCc3nn[nH]n3)nc2c1. The molecule has 0 fully saturated rings. The van der Waals surface area contributed by atoms with E-state index in [0.29, 0.717) is 18.3 Å². The standard InChI is InChI=1S/C9H10N8/c1-6-2-3-17-8(4-6)11-9(14-17)10-5-7-12-15-16-13-7/h2-4H,5H2,1H3,(H,10,14)(H,12,13,15,16). The number of pyridine rings is 1. The zero-order valence-electron chi connectivity index (χ0n) is 9.12. The molecule has 0 unspecified atom stereocenters. The van der Waals surface area contributed by atoms with Gasteiger partial charge in [0.1, 0.15) is 0 Å². The zero-order chi connectivity index (χ0) is 11.7. The van der Waals surface area contributed by atoms with Crippen LogP contribution in [-0.4, -0.2) is 35.2 Å². The number of hydrogen-bond donors (Lipinski definition) is 2. The van der Waals surface area contributed by atoms with Crippen molar-refractivity contribution < 1.29 is 0 Å². The van der Waals surface area contributed by atoms with E-state index in [1.54, 1.807) is 4.52 Å². The molecule has 3 rings (SSSR count). The van der Waals surface area contributed by atoms with Crippen LogP contribution in [0.15, 0.2) is 18.3 Å². The summed E-state index contributed by atoms with van der Waals surface area (Å²) in [5, 5.41) is 20.8. The number of aromatic nitrogens is 7. The summed E-state index contributed by atoms with van der Waals surface area (Å²) in [5.74, 6) is 1.11. The van der Waals surface area contributed by atoms with Gasteiger partial charge in [-0.05, 0) is 24.6 Å². The minimum atomic E-state index is 0.437. The van der Waals surface area contributed by atoms with E-state index in [2.05, 4.69) is 36.0 Å². The Balaban J connectivity index is 1.81. The number of nitrogens with one attached hydrogen (secondary N) is 2. The van der Waals surface area contributed by atoms with Crippen molar-refractivity contribution >= 4 is 11.6 Å². The summed E-state index contributed by atoms with van der Waals surface area (Å²) < 4.78 is 1.71. The van der Waals surface area contributed by atoms with Gasteiger partial charge in [0.05, 0.1) is 6.54 Å². The van der Waals surface area contributed by atoms with Crippen LogP contribution in [-0.2, 0) is 6.54 Å². The van der Waals surface area contributed by atoms with Crippen LogP contribution in [0.25, 0.3) is 5.65 Å². The maximum absolute atomic E-state index is 4.33. The van der Waals surface area contributed by atoms with Gasteiger partial charge in [0, 0.05) is 6.20 Å². The van der Waals surface area contributed by atoms with Gasteiger partial charge in [-0.1, -0.05) is 5.21 Å². The maximum atomic E-state index is 4.33. The first-order chi connectivity index (χ1) is 8.31. The molecule has 0 amide bonds. The predicted molar refractivity (Wildman–Crippen MR) is 59.2 cm³/mol. The summed E-state index contributed by atoms with van der Waals surface area (Å²) >= 11 is 0. The Bertz CT molecular complexity index is 626. The van der Waals surface area contributed by atoms with Crippen molar-refractivity contribution in [1.29, 1.82) is 0 Å². The number of anilines is 1. The van der Waals surface area contributed by atoms with Gasteiger partial charge in [-0.25, -0.2) is 4.52 Å². The first-order valence-corrected chi connectivity index (χ1v) is 5.10. The highest BCUT2D eigenvalue weighted by molar-refractivity contribution is 5.45. The molecule has 8 heteroatoms. The van der Waals surface area contributed by atoms with Crippen molar-refractivity contribution in [2.45, 2.75) is 13.5 Å². The molecular formula is C9H10N8. The summed E-state index contributed by atoms with van der Waals surface area (Å²) in [5.41, 5.74) is 1.95.